The van der Waals surface area contributed by atoms with Gasteiger partial charge in [0.2, 0.25) is 0 Å². The molecule has 2 aromatic rings. The molecule has 29 heavy (non-hydrogen) atoms. The zero-order chi connectivity index (χ0) is 19.4. The minimum Gasteiger partial charge on any atom is -0.375 e. The molecule has 1 fully saturated rings. The number of thiophene rings is 1. The molecular weight excluding hydrogens is 495 g/mol. The lowest BCUT2D eigenvalue weighted by Gasteiger charge is -2.33. The average molecular weight is 529 g/mol. The smallest absolute Gasteiger partial charge is 0.191 e. The molecule has 0 bridgehead atoms. The number of ether oxygens (including phenoxy) is 1. The van der Waals surface area contributed by atoms with Crippen LogP contribution in [-0.2, 0) is 17.9 Å². The molecule has 160 valence electrons. The molecule has 0 radical (unpaired) electrons. The Labute approximate surface area is 196 Å². The normalized spacial score (nSPS) is 15.7. The minimum atomic E-state index is 0. The standard InChI is InChI=1S/C22H32N4OS.HI/c1-2-23-22(24-11-14-27-17-19-6-4-3-5-7-19)25-21-8-12-26(13-9-21)16-20-10-15-28-18-20;/h3-7,10,15,18,21H,2,8-9,11-14,16-17H2,1H3,(H2,23,24,25);1H. The fraction of sp³-hybridized carbons (Fsp3) is 0.500. The van der Waals surface area contributed by atoms with Gasteiger partial charge < -0.3 is 15.4 Å². The number of likely N-dealkylation sites (tertiary alicyclic amines) is 1. The molecule has 5 nitrogen and oxygen atoms in total. The van der Waals surface area contributed by atoms with Crippen molar-refractivity contribution in [2.45, 2.75) is 39.0 Å². The van der Waals surface area contributed by atoms with Crippen molar-refractivity contribution in [1.29, 1.82) is 0 Å². The van der Waals surface area contributed by atoms with Gasteiger partial charge in [-0.15, -0.1) is 24.0 Å². The monoisotopic (exact) mass is 528 g/mol. The van der Waals surface area contributed by atoms with Gasteiger partial charge in [0.25, 0.3) is 0 Å². The summed E-state index contributed by atoms with van der Waals surface area (Å²) in [6.45, 7) is 8.25. The Bertz CT molecular complexity index is 688. The molecule has 1 aliphatic rings. The van der Waals surface area contributed by atoms with Crippen LogP contribution in [0.2, 0.25) is 0 Å². The van der Waals surface area contributed by atoms with Crippen LogP contribution in [0, 0.1) is 0 Å². The highest BCUT2D eigenvalue weighted by molar-refractivity contribution is 14.0. The molecule has 1 aromatic carbocycles. The number of piperidine rings is 1. The van der Waals surface area contributed by atoms with Gasteiger partial charge in [0, 0.05) is 32.2 Å². The summed E-state index contributed by atoms with van der Waals surface area (Å²) < 4.78 is 5.73. The van der Waals surface area contributed by atoms with Crippen LogP contribution in [0.5, 0.6) is 0 Å². The first kappa shape index (κ1) is 24.1. The third-order valence-corrected chi connectivity index (χ3v) is 5.61. The van der Waals surface area contributed by atoms with E-state index >= 15 is 0 Å². The minimum absolute atomic E-state index is 0. The molecule has 0 amide bonds. The Morgan fingerprint density at radius 3 is 2.66 bits per heavy atom. The van der Waals surface area contributed by atoms with E-state index in [0.717, 1.165) is 45.0 Å². The number of guanidine groups is 1. The SMILES string of the molecule is CCNC(=NCCOCc1ccccc1)NC1CCN(Cc2ccsc2)CC1.I. The number of hydrogen-bond donors (Lipinski definition) is 2. The second kappa shape index (κ2) is 14.0. The van der Waals surface area contributed by atoms with Crippen molar-refractivity contribution in [3.63, 3.8) is 0 Å². The van der Waals surface area contributed by atoms with Crippen molar-refractivity contribution in [2.75, 3.05) is 32.8 Å². The van der Waals surface area contributed by atoms with E-state index in [1.165, 1.54) is 11.1 Å². The van der Waals surface area contributed by atoms with Crippen LogP contribution in [0.3, 0.4) is 0 Å². The van der Waals surface area contributed by atoms with E-state index in [0.29, 0.717) is 25.8 Å². The highest BCUT2D eigenvalue weighted by Crippen LogP contribution is 2.15. The van der Waals surface area contributed by atoms with Crippen LogP contribution in [0.25, 0.3) is 0 Å². The number of rotatable bonds is 9. The van der Waals surface area contributed by atoms with Gasteiger partial charge in [0.15, 0.2) is 5.96 Å². The lowest BCUT2D eigenvalue weighted by atomic mass is 10.0. The van der Waals surface area contributed by atoms with Gasteiger partial charge in [0.05, 0.1) is 19.8 Å². The highest BCUT2D eigenvalue weighted by Gasteiger charge is 2.20. The van der Waals surface area contributed by atoms with Crippen molar-refractivity contribution >= 4 is 41.3 Å². The summed E-state index contributed by atoms with van der Waals surface area (Å²) in [5.74, 6) is 0.905. The number of hydrogen-bond acceptors (Lipinski definition) is 4. The molecule has 0 saturated carbocycles. The first-order chi connectivity index (χ1) is 13.8. The van der Waals surface area contributed by atoms with Crippen molar-refractivity contribution < 1.29 is 4.74 Å². The molecule has 1 aromatic heterocycles. The number of aliphatic imine (C=N–C) groups is 1. The lowest BCUT2D eigenvalue weighted by molar-refractivity contribution is 0.128. The van der Waals surface area contributed by atoms with Crippen molar-refractivity contribution in [3.8, 4) is 0 Å². The quantitative estimate of drug-likeness (QED) is 0.223. The zero-order valence-electron chi connectivity index (χ0n) is 17.2. The molecule has 0 atom stereocenters. The van der Waals surface area contributed by atoms with Crippen molar-refractivity contribution in [1.82, 2.24) is 15.5 Å². The van der Waals surface area contributed by atoms with Gasteiger partial charge >= 0.3 is 0 Å². The molecule has 7 heteroatoms. The van der Waals surface area contributed by atoms with Gasteiger partial charge in [-0.3, -0.25) is 9.89 Å². The van der Waals surface area contributed by atoms with Gasteiger partial charge in [-0.05, 0) is 47.7 Å². The summed E-state index contributed by atoms with van der Waals surface area (Å²) in [5, 5.41) is 11.4. The predicted molar refractivity (Wildman–Crippen MR) is 133 cm³/mol. The molecule has 1 aliphatic heterocycles. The first-order valence-corrected chi connectivity index (χ1v) is 11.2. The Kier molecular flexibility index (Phi) is 11.6. The maximum absolute atomic E-state index is 5.73. The number of nitrogens with one attached hydrogen (secondary N) is 2. The highest BCUT2D eigenvalue weighted by atomic mass is 127. The summed E-state index contributed by atoms with van der Waals surface area (Å²) in [6.07, 6.45) is 2.30. The van der Waals surface area contributed by atoms with Crippen LogP contribution in [0.1, 0.15) is 30.9 Å². The van der Waals surface area contributed by atoms with Crippen molar-refractivity contribution in [2.24, 2.45) is 4.99 Å². The third-order valence-electron chi connectivity index (χ3n) is 4.88. The largest absolute Gasteiger partial charge is 0.375 e. The van der Waals surface area contributed by atoms with E-state index in [4.69, 9.17) is 4.74 Å². The topological polar surface area (TPSA) is 48.9 Å². The second-order valence-corrected chi connectivity index (χ2v) is 7.91. The molecule has 0 aliphatic carbocycles. The first-order valence-electron chi connectivity index (χ1n) is 10.2. The maximum atomic E-state index is 5.73. The molecule has 3 rings (SSSR count). The van der Waals surface area contributed by atoms with E-state index in [2.05, 4.69) is 56.4 Å². The third kappa shape index (κ3) is 9.02. The zero-order valence-corrected chi connectivity index (χ0v) is 20.3. The van der Waals surface area contributed by atoms with E-state index in [9.17, 15) is 0 Å². The Balaban J connectivity index is 0.00000300. The van der Waals surface area contributed by atoms with E-state index < -0.39 is 0 Å². The Morgan fingerprint density at radius 2 is 1.97 bits per heavy atom. The van der Waals surface area contributed by atoms with Gasteiger partial charge in [-0.1, -0.05) is 30.3 Å². The molecule has 0 unspecified atom stereocenters. The predicted octanol–water partition coefficient (Wildman–Crippen LogP) is 4.10. The molecule has 2 heterocycles. The van der Waals surface area contributed by atoms with Crippen LogP contribution in [-0.4, -0.2) is 49.7 Å². The average Bonchev–Trinajstić information content (AvgIpc) is 3.23. The molecular formula is C22H33IN4OS. The van der Waals surface area contributed by atoms with E-state index in [1.54, 1.807) is 11.3 Å². The molecule has 1 saturated heterocycles. The van der Waals surface area contributed by atoms with Crippen molar-refractivity contribution in [3.05, 3.63) is 58.3 Å². The molecule has 2 N–H and O–H groups in total. The maximum Gasteiger partial charge on any atom is 0.191 e. The lowest BCUT2D eigenvalue weighted by Crippen LogP contribution is -2.48. The Hall–Kier alpha value is -1.16. The fourth-order valence-corrected chi connectivity index (χ4v) is 4.04. The fourth-order valence-electron chi connectivity index (χ4n) is 3.38. The number of halogens is 1. The number of benzene rings is 1. The van der Waals surface area contributed by atoms with Gasteiger partial charge in [-0.2, -0.15) is 11.3 Å². The van der Waals surface area contributed by atoms with Gasteiger partial charge in [-0.25, -0.2) is 0 Å². The second-order valence-electron chi connectivity index (χ2n) is 7.13. The summed E-state index contributed by atoms with van der Waals surface area (Å²) in [6, 6.07) is 13.0. The number of nitrogens with zero attached hydrogens (tertiary/aromatic N) is 2. The summed E-state index contributed by atoms with van der Waals surface area (Å²) in [4.78, 5) is 7.22. The van der Waals surface area contributed by atoms with Crippen LogP contribution in [0.15, 0.2) is 52.2 Å². The van der Waals surface area contributed by atoms with Crippen LogP contribution >= 0.6 is 35.3 Å². The molecule has 0 spiro atoms. The summed E-state index contributed by atoms with van der Waals surface area (Å²) >= 11 is 1.78. The van der Waals surface area contributed by atoms with E-state index in [1.807, 2.05) is 18.2 Å². The van der Waals surface area contributed by atoms with Crippen LogP contribution in [0.4, 0.5) is 0 Å². The Morgan fingerprint density at radius 1 is 1.17 bits per heavy atom. The van der Waals surface area contributed by atoms with E-state index in [-0.39, 0.29) is 24.0 Å². The summed E-state index contributed by atoms with van der Waals surface area (Å²) in [5.41, 5.74) is 2.63. The van der Waals surface area contributed by atoms with Gasteiger partial charge in [0.1, 0.15) is 0 Å². The summed E-state index contributed by atoms with van der Waals surface area (Å²) in [7, 11) is 0. The van der Waals surface area contributed by atoms with Crippen LogP contribution < -0.4 is 10.6 Å².